The normalized spacial score (nSPS) is 22.2. The Balaban J connectivity index is 2.07. The quantitative estimate of drug-likeness (QED) is 0.813. The molecule has 1 aliphatic heterocycles. The Hall–Kier alpha value is -1.20. The van der Waals surface area contributed by atoms with Gasteiger partial charge >= 0.3 is 0 Å². The van der Waals surface area contributed by atoms with E-state index in [4.69, 9.17) is 4.55 Å². The highest BCUT2D eigenvalue weighted by Gasteiger charge is 2.27. The number of amides is 1. The largest absolute Gasteiger partial charge is 0.337 e. The van der Waals surface area contributed by atoms with Gasteiger partial charge in [-0.3, -0.25) is 4.79 Å². The van der Waals surface area contributed by atoms with E-state index >= 15 is 0 Å². The van der Waals surface area contributed by atoms with Crippen molar-refractivity contribution >= 4 is 17.0 Å². The highest BCUT2D eigenvalue weighted by atomic mass is 32.2. The summed E-state index contributed by atoms with van der Waals surface area (Å²) in [7, 11) is 0. The molecule has 2 unspecified atom stereocenters. The van der Waals surface area contributed by atoms with Crippen LogP contribution in [0.5, 0.6) is 0 Å². The highest BCUT2D eigenvalue weighted by Crippen LogP contribution is 2.16. The molecule has 1 fully saturated rings. The van der Waals surface area contributed by atoms with Gasteiger partial charge in [-0.15, -0.1) is 0 Å². The molecule has 1 amide bonds. The zero-order chi connectivity index (χ0) is 12.3. The Morgan fingerprint density at radius 3 is 2.71 bits per heavy atom. The summed E-state index contributed by atoms with van der Waals surface area (Å²) in [5, 5.41) is -0.309. The molecule has 4 nitrogen and oxygen atoms in total. The van der Waals surface area contributed by atoms with Crippen molar-refractivity contribution in [2.24, 2.45) is 0 Å². The zero-order valence-corrected chi connectivity index (χ0v) is 10.2. The van der Waals surface area contributed by atoms with Crippen molar-refractivity contribution in [1.82, 2.24) is 4.90 Å². The van der Waals surface area contributed by atoms with E-state index in [0.29, 0.717) is 25.1 Å². The molecule has 0 aliphatic carbocycles. The summed E-state index contributed by atoms with van der Waals surface area (Å²) >= 11 is -1.84. The lowest BCUT2D eigenvalue weighted by Crippen LogP contribution is -2.43. The van der Waals surface area contributed by atoms with Gasteiger partial charge in [0.15, 0.2) is 11.1 Å². The van der Waals surface area contributed by atoms with Crippen molar-refractivity contribution in [2.45, 2.75) is 18.1 Å². The maximum absolute atomic E-state index is 12.1. The molecular weight excluding hydrogens is 238 g/mol. The third-order valence-electron chi connectivity index (χ3n) is 2.97. The average Bonchev–Trinajstić information content (AvgIpc) is 2.39. The lowest BCUT2D eigenvalue weighted by molar-refractivity contribution is 0.0726. The molecule has 0 bridgehead atoms. The third-order valence-corrected chi connectivity index (χ3v) is 3.93. The van der Waals surface area contributed by atoms with Gasteiger partial charge < -0.3 is 9.45 Å². The second kappa shape index (κ2) is 5.42. The van der Waals surface area contributed by atoms with E-state index in [9.17, 15) is 9.00 Å². The number of carbonyl (C=O) groups is 1. The zero-order valence-electron chi connectivity index (χ0n) is 9.41. The minimum Gasteiger partial charge on any atom is -0.337 e. The molecule has 2 rings (SSSR count). The minimum absolute atomic E-state index is 0.0549. The number of rotatable bonds is 2. The average molecular weight is 253 g/mol. The van der Waals surface area contributed by atoms with E-state index in [1.807, 2.05) is 18.2 Å². The first kappa shape index (κ1) is 12.3. The molecule has 1 aliphatic rings. The fraction of sp³-hybridized carbons (Fsp3) is 0.417. The SMILES string of the molecule is O=C(c1ccccc1)N1CCCC(S(=O)O)C1. The first-order chi connectivity index (χ1) is 8.18. The molecule has 1 N–H and O–H groups in total. The van der Waals surface area contributed by atoms with Gasteiger partial charge in [-0.1, -0.05) is 18.2 Å². The van der Waals surface area contributed by atoms with E-state index < -0.39 is 11.1 Å². The number of nitrogens with zero attached hydrogens (tertiary/aromatic N) is 1. The van der Waals surface area contributed by atoms with Crippen LogP contribution in [0.1, 0.15) is 23.2 Å². The number of likely N-dealkylation sites (tertiary alicyclic amines) is 1. The van der Waals surface area contributed by atoms with Crippen LogP contribution >= 0.6 is 0 Å². The highest BCUT2D eigenvalue weighted by molar-refractivity contribution is 7.79. The molecule has 0 radical (unpaired) electrons. The maximum Gasteiger partial charge on any atom is 0.253 e. The predicted molar refractivity (Wildman–Crippen MR) is 66.1 cm³/mol. The molecule has 1 aromatic rings. The van der Waals surface area contributed by atoms with Crippen LogP contribution in [0, 0.1) is 0 Å². The molecule has 1 heterocycles. The van der Waals surface area contributed by atoms with Gasteiger partial charge in [-0.2, -0.15) is 0 Å². The molecule has 17 heavy (non-hydrogen) atoms. The molecule has 1 aromatic carbocycles. The summed E-state index contributed by atoms with van der Waals surface area (Å²) in [5.41, 5.74) is 0.636. The summed E-state index contributed by atoms with van der Waals surface area (Å²) in [6.07, 6.45) is 1.50. The van der Waals surface area contributed by atoms with E-state index in [-0.39, 0.29) is 11.2 Å². The van der Waals surface area contributed by atoms with Gasteiger partial charge in [0.2, 0.25) is 0 Å². The van der Waals surface area contributed by atoms with E-state index in [1.54, 1.807) is 17.0 Å². The molecule has 2 atom stereocenters. The lowest BCUT2D eigenvalue weighted by atomic mass is 10.1. The van der Waals surface area contributed by atoms with Crippen molar-refractivity contribution in [3.05, 3.63) is 35.9 Å². The number of hydrogen-bond acceptors (Lipinski definition) is 2. The Labute approximate surface area is 103 Å². The molecule has 1 saturated heterocycles. The monoisotopic (exact) mass is 253 g/mol. The van der Waals surface area contributed by atoms with Crippen LogP contribution in [0.25, 0.3) is 0 Å². The van der Waals surface area contributed by atoms with Gasteiger partial charge in [0, 0.05) is 18.7 Å². The third kappa shape index (κ3) is 2.92. The van der Waals surface area contributed by atoms with Crippen molar-refractivity contribution in [1.29, 1.82) is 0 Å². The standard InChI is InChI=1S/C12H15NO3S/c14-12(10-5-2-1-3-6-10)13-8-4-7-11(9-13)17(15)16/h1-3,5-6,11H,4,7-9H2,(H,15,16). The van der Waals surface area contributed by atoms with Gasteiger partial charge in [0.1, 0.15) is 0 Å². The van der Waals surface area contributed by atoms with Crippen molar-refractivity contribution in [3.8, 4) is 0 Å². The van der Waals surface area contributed by atoms with Crippen LogP contribution in [-0.4, -0.2) is 37.9 Å². The summed E-state index contributed by atoms with van der Waals surface area (Å²) in [4.78, 5) is 13.8. The number of carbonyl (C=O) groups excluding carboxylic acids is 1. The minimum atomic E-state index is -1.84. The summed E-state index contributed by atoms with van der Waals surface area (Å²) in [6.45, 7) is 1.04. The Kier molecular flexibility index (Phi) is 3.91. The van der Waals surface area contributed by atoms with Crippen molar-refractivity contribution < 1.29 is 13.6 Å². The van der Waals surface area contributed by atoms with Crippen LogP contribution in [0.4, 0.5) is 0 Å². The second-order valence-electron chi connectivity index (χ2n) is 4.16. The fourth-order valence-corrected chi connectivity index (χ4v) is 2.73. The van der Waals surface area contributed by atoms with Crippen molar-refractivity contribution in [3.63, 3.8) is 0 Å². The number of benzene rings is 1. The van der Waals surface area contributed by atoms with Gasteiger partial charge in [-0.25, -0.2) is 4.21 Å². The Morgan fingerprint density at radius 1 is 1.35 bits per heavy atom. The number of piperidine rings is 1. The first-order valence-electron chi connectivity index (χ1n) is 5.62. The maximum atomic E-state index is 12.1. The van der Waals surface area contributed by atoms with Crippen LogP contribution in [0.15, 0.2) is 30.3 Å². The first-order valence-corrected chi connectivity index (χ1v) is 6.79. The molecule has 5 heteroatoms. The van der Waals surface area contributed by atoms with Crippen LogP contribution in [0.3, 0.4) is 0 Å². The van der Waals surface area contributed by atoms with E-state index in [0.717, 1.165) is 6.42 Å². The molecule has 0 saturated carbocycles. The van der Waals surface area contributed by atoms with Crippen LogP contribution in [-0.2, 0) is 11.1 Å². The summed E-state index contributed by atoms with van der Waals surface area (Å²) < 4.78 is 20.1. The predicted octanol–water partition coefficient (Wildman–Crippen LogP) is 1.51. The van der Waals surface area contributed by atoms with E-state index in [2.05, 4.69) is 0 Å². The second-order valence-corrected chi connectivity index (χ2v) is 5.38. The molecular formula is C12H15NO3S. The topological polar surface area (TPSA) is 57.6 Å². The fourth-order valence-electron chi connectivity index (χ4n) is 2.05. The van der Waals surface area contributed by atoms with Gasteiger partial charge in [-0.05, 0) is 25.0 Å². The number of hydrogen-bond donors (Lipinski definition) is 1. The van der Waals surface area contributed by atoms with Gasteiger partial charge in [0.05, 0.1) is 5.25 Å². The summed E-state index contributed by atoms with van der Waals surface area (Å²) in [6, 6.07) is 9.03. The molecule has 0 spiro atoms. The molecule has 92 valence electrons. The van der Waals surface area contributed by atoms with Crippen LogP contribution in [0.2, 0.25) is 0 Å². The molecule has 0 aromatic heterocycles. The van der Waals surface area contributed by atoms with Gasteiger partial charge in [0.25, 0.3) is 5.91 Å². The lowest BCUT2D eigenvalue weighted by Gasteiger charge is -2.31. The van der Waals surface area contributed by atoms with E-state index in [1.165, 1.54) is 0 Å². The smallest absolute Gasteiger partial charge is 0.253 e. The van der Waals surface area contributed by atoms with Crippen LogP contribution < -0.4 is 0 Å². The Bertz CT molecular complexity index is 421. The Morgan fingerprint density at radius 2 is 2.06 bits per heavy atom. The summed E-state index contributed by atoms with van der Waals surface area (Å²) in [5.74, 6) is -0.0549. The van der Waals surface area contributed by atoms with Crippen molar-refractivity contribution in [2.75, 3.05) is 13.1 Å².